The van der Waals surface area contributed by atoms with E-state index in [9.17, 15) is 4.79 Å². The van der Waals surface area contributed by atoms with Gasteiger partial charge >= 0.3 is 0 Å². The highest BCUT2D eigenvalue weighted by atomic mass is 16.1. The summed E-state index contributed by atoms with van der Waals surface area (Å²) in [5.41, 5.74) is 2.97. The van der Waals surface area contributed by atoms with Gasteiger partial charge in [-0.15, -0.1) is 0 Å². The molecule has 0 radical (unpaired) electrons. The fraction of sp³-hybridized carbons (Fsp3) is 0.0714. The molecule has 0 aliphatic rings. The van der Waals surface area contributed by atoms with Crippen molar-refractivity contribution in [2.45, 2.75) is 6.92 Å². The molecule has 0 fully saturated rings. The van der Waals surface area contributed by atoms with Gasteiger partial charge in [0.15, 0.2) is 5.43 Å². The minimum atomic E-state index is -0.103. The van der Waals surface area contributed by atoms with Gasteiger partial charge in [-0.3, -0.25) is 4.79 Å². The van der Waals surface area contributed by atoms with E-state index in [-0.39, 0.29) is 5.43 Å². The Hall–Kier alpha value is -2.87. The van der Waals surface area contributed by atoms with Crippen LogP contribution in [0.2, 0.25) is 0 Å². The van der Waals surface area contributed by atoms with Crippen LogP contribution in [0.5, 0.6) is 0 Å². The number of hydrogen-bond donors (Lipinski definition) is 2. The number of aromatic nitrogens is 3. The zero-order chi connectivity index (χ0) is 13.4. The summed E-state index contributed by atoms with van der Waals surface area (Å²) in [4.78, 5) is 22.3. The first-order valence-electron chi connectivity index (χ1n) is 5.77. The lowest BCUT2D eigenvalue weighted by atomic mass is 10.2. The fourth-order valence-electron chi connectivity index (χ4n) is 2.01. The maximum atomic E-state index is 11.9. The molecule has 0 amide bonds. The van der Waals surface area contributed by atoms with Gasteiger partial charge in [0.05, 0.1) is 16.6 Å². The smallest absolute Gasteiger partial charge is 0.192 e. The van der Waals surface area contributed by atoms with Gasteiger partial charge in [-0.05, 0) is 19.1 Å². The molecule has 19 heavy (non-hydrogen) atoms. The van der Waals surface area contributed by atoms with E-state index in [4.69, 9.17) is 5.26 Å². The van der Waals surface area contributed by atoms with Crippen molar-refractivity contribution >= 4 is 11.0 Å². The van der Waals surface area contributed by atoms with E-state index in [0.29, 0.717) is 22.5 Å². The van der Waals surface area contributed by atoms with Gasteiger partial charge in [0.1, 0.15) is 17.4 Å². The van der Waals surface area contributed by atoms with Crippen molar-refractivity contribution in [2.24, 2.45) is 0 Å². The second kappa shape index (κ2) is 4.10. The summed E-state index contributed by atoms with van der Waals surface area (Å²) >= 11 is 0. The van der Waals surface area contributed by atoms with Crippen LogP contribution in [0.4, 0.5) is 0 Å². The molecule has 0 saturated heterocycles. The first-order chi connectivity index (χ1) is 9.19. The Morgan fingerprint density at radius 1 is 1.37 bits per heavy atom. The number of nitrogens with zero attached hydrogens (tertiary/aromatic N) is 2. The molecular formula is C14H10N4O. The number of imidazole rings is 1. The lowest BCUT2D eigenvalue weighted by Crippen LogP contribution is -2.05. The number of hydrogen-bond acceptors (Lipinski definition) is 3. The Morgan fingerprint density at radius 3 is 2.95 bits per heavy atom. The molecule has 3 aromatic rings. The minimum Gasteiger partial charge on any atom is -0.364 e. The van der Waals surface area contributed by atoms with Gasteiger partial charge in [-0.2, -0.15) is 5.26 Å². The number of nitriles is 1. The molecule has 2 N–H and O–H groups in total. The third-order valence-corrected chi connectivity index (χ3v) is 2.95. The number of rotatable bonds is 1. The second-order valence-electron chi connectivity index (χ2n) is 4.29. The molecule has 5 heteroatoms. The quantitative estimate of drug-likeness (QED) is 0.693. The number of nitrogens with one attached hydrogen (secondary N) is 2. The van der Waals surface area contributed by atoms with Gasteiger partial charge in [0.2, 0.25) is 0 Å². The van der Waals surface area contributed by atoms with Crippen molar-refractivity contribution in [1.82, 2.24) is 15.0 Å². The maximum absolute atomic E-state index is 11.9. The van der Waals surface area contributed by atoms with Crippen molar-refractivity contribution in [1.29, 1.82) is 5.26 Å². The number of H-pyrrole nitrogens is 2. The number of fused-ring (bicyclic) bond motifs is 1. The van der Waals surface area contributed by atoms with E-state index >= 15 is 0 Å². The molecule has 0 saturated carbocycles. The van der Waals surface area contributed by atoms with Crippen molar-refractivity contribution in [3.63, 3.8) is 0 Å². The highest BCUT2D eigenvalue weighted by Gasteiger charge is 2.11. The molecule has 0 aliphatic carbocycles. The third kappa shape index (κ3) is 1.79. The molecule has 0 spiro atoms. The average Bonchev–Trinajstić information content (AvgIpc) is 2.81. The molecule has 0 atom stereocenters. The van der Waals surface area contributed by atoms with Crippen LogP contribution in [0.3, 0.4) is 0 Å². The SMILES string of the molecule is Cc1cc(=O)c(-c2nc3c(C#N)cccc3[nH]2)c[nH]1. The highest BCUT2D eigenvalue weighted by Crippen LogP contribution is 2.20. The zero-order valence-corrected chi connectivity index (χ0v) is 10.2. The molecule has 92 valence electrons. The van der Waals surface area contributed by atoms with Crippen LogP contribution < -0.4 is 5.43 Å². The lowest BCUT2D eigenvalue weighted by Gasteiger charge is -1.96. The monoisotopic (exact) mass is 250 g/mol. The molecule has 5 nitrogen and oxygen atoms in total. The summed E-state index contributed by atoms with van der Waals surface area (Å²) in [7, 11) is 0. The third-order valence-electron chi connectivity index (χ3n) is 2.95. The summed E-state index contributed by atoms with van der Waals surface area (Å²) in [6.07, 6.45) is 1.63. The normalized spacial score (nSPS) is 10.5. The molecule has 1 aromatic carbocycles. The molecule has 3 rings (SSSR count). The molecule has 2 aromatic heterocycles. The average molecular weight is 250 g/mol. The Morgan fingerprint density at radius 2 is 2.21 bits per heavy atom. The van der Waals surface area contributed by atoms with E-state index in [2.05, 4.69) is 21.0 Å². The van der Waals surface area contributed by atoms with Crippen molar-refractivity contribution in [3.05, 3.63) is 51.9 Å². The molecule has 2 heterocycles. The summed E-state index contributed by atoms with van der Waals surface area (Å²) in [6, 6.07) is 8.92. The molecule has 0 unspecified atom stereocenters. The molecule has 0 aliphatic heterocycles. The first kappa shape index (κ1) is 11.2. The lowest BCUT2D eigenvalue weighted by molar-refractivity contribution is 1.17. The van der Waals surface area contributed by atoms with Crippen molar-refractivity contribution in [3.8, 4) is 17.5 Å². The minimum absolute atomic E-state index is 0.103. The first-order valence-corrected chi connectivity index (χ1v) is 5.77. The predicted molar refractivity (Wildman–Crippen MR) is 71.6 cm³/mol. The molecular weight excluding hydrogens is 240 g/mol. The van der Waals surface area contributed by atoms with Crippen LogP contribution in [-0.4, -0.2) is 15.0 Å². The van der Waals surface area contributed by atoms with Gasteiger partial charge in [-0.1, -0.05) is 6.07 Å². The number of para-hydroxylation sites is 1. The Labute approximate surface area is 108 Å². The van der Waals surface area contributed by atoms with Gasteiger partial charge in [0.25, 0.3) is 0 Å². The summed E-state index contributed by atoms with van der Waals surface area (Å²) in [5.74, 6) is 0.471. The van der Waals surface area contributed by atoms with Gasteiger partial charge < -0.3 is 9.97 Å². The summed E-state index contributed by atoms with van der Waals surface area (Å²) in [6.45, 7) is 1.82. The number of aryl methyl sites for hydroxylation is 1. The van der Waals surface area contributed by atoms with Crippen molar-refractivity contribution in [2.75, 3.05) is 0 Å². The standard InChI is InChI=1S/C14H10N4O/c1-8-5-12(19)10(7-16-8)14-17-11-4-2-3-9(6-15)13(11)18-14/h2-5,7H,1H3,(H,16,19)(H,17,18). The largest absolute Gasteiger partial charge is 0.364 e. The van der Waals surface area contributed by atoms with E-state index < -0.39 is 0 Å². The Bertz CT molecular complexity index is 867. The summed E-state index contributed by atoms with van der Waals surface area (Å²) < 4.78 is 0. The van der Waals surface area contributed by atoms with Crippen LogP contribution in [0, 0.1) is 18.3 Å². The highest BCUT2D eigenvalue weighted by molar-refractivity contribution is 5.84. The van der Waals surface area contributed by atoms with Crippen LogP contribution in [0.25, 0.3) is 22.4 Å². The fourth-order valence-corrected chi connectivity index (χ4v) is 2.01. The molecule has 0 bridgehead atoms. The van der Waals surface area contributed by atoms with Crippen LogP contribution in [0.1, 0.15) is 11.3 Å². The van der Waals surface area contributed by atoms with Crippen LogP contribution in [0.15, 0.2) is 35.3 Å². The Balaban J connectivity index is 2.27. The number of aromatic amines is 2. The van der Waals surface area contributed by atoms with E-state index in [1.807, 2.05) is 13.0 Å². The zero-order valence-electron chi connectivity index (χ0n) is 10.2. The van der Waals surface area contributed by atoms with Gasteiger partial charge in [-0.25, -0.2) is 4.98 Å². The topological polar surface area (TPSA) is 85.3 Å². The maximum Gasteiger partial charge on any atom is 0.192 e. The van der Waals surface area contributed by atoms with Crippen LogP contribution in [-0.2, 0) is 0 Å². The van der Waals surface area contributed by atoms with E-state index in [0.717, 1.165) is 11.2 Å². The second-order valence-corrected chi connectivity index (χ2v) is 4.29. The Kier molecular flexibility index (Phi) is 2.43. The van der Waals surface area contributed by atoms with E-state index in [1.54, 1.807) is 18.3 Å². The number of pyridine rings is 1. The van der Waals surface area contributed by atoms with Crippen LogP contribution >= 0.6 is 0 Å². The summed E-state index contributed by atoms with van der Waals surface area (Å²) in [5, 5.41) is 9.03. The van der Waals surface area contributed by atoms with Gasteiger partial charge in [0, 0.05) is 18.0 Å². The van der Waals surface area contributed by atoms with Crippen molar-refractivity contribution < 1.29 is 0 Å². The number of benzene rings is 1. The predicted octanol–water partition coefficient (Wildman–Crippen LogP) is 2.10. The van der Waals surface area contributed by atoms with E-state index in [1.165, 1.54) is 6.07 Å².